The second-order valence-corrected chi connectivity index (χ2v) is 6.60. The molecule has 5 rings (SSSR count). The van der Waals surface area contributed by atoms with E-state index in [0.717, 1.165) is 32.7 Å². The maximum Gasteiger partial charge on any atom is 0.164 e. The molecule has 126 valence electrons. The van der Waals surface area contributed by atoms with Crippen LogP contribution in [0.1, 0.15) is 0 Å². The van der Waals surface area contributed by atoms with Crippen molar-refractivity contribution in [2.75, 3.05) is 11.5 Å². The van der Waals surface area contributed by atoms with Crippen molar-refractivity contribution in [2.45, 2.75) is 0 Å². The molecule has 0 unspecified atom stereocenters. The highest BCUT2D eigenvalue weighted by atomic mass is 35.5. The van der Waals surface area contributed by atoms with Crippen LogP contribution < -0.4 is 11.5 Å². The number of nitrogen functional groups attached to an aromatic ring is 2. The summed E-state index contributed by atoms with van der Waals surface area (Å²) >= 11 is 6.19. The molecule has 0 fully saturated rings. The molecule has 0 bridgehead atoms. The van der Waals surface area contributed by atoms with Gasteiger partial charge >= 0.3 is 0 Å². The van der Waals surface area contributed by atoms with Crippen LogP contribution >= 0.6 is 11.6 Å². The van der Waals surface area contributed by atoms with Crippen molar-refractivity contribution < 1.29 is 0 Å². The van der Waals surface area contributed by atoms with Crippen LogP contribution in [0, 0.1) is 0 Å². The van der Waals surface area contributed by atoms with Crippen molar-refractivity contribution in [3.05, 3.63) is 59.8 Å². The Balaban J connectivity index is 1.98. The molecular weight excluding hydrogens is 346 g/mol. The van der Waals surface area contributed by atoms with Crippen LogP contribution in [-0.4, -0.2) is 15.0 Å². The van der Waals surface area contributed by atoms with Gasteiger partial charge in [-0.3, -0.25) is 0 Å². The smallest absolute Gasteiger partial charge is 0.164 e. The van der Waals surface area contributed by atoms with E-state index >= 15 is 0 Å². The number of benzene rings is 3. The third-order valence-corrected chi connectivity index (χ3v) is 4.85. The van der Waals surface area contributed by atoms with Gasteiger partial charge in [0.1, 0.15) is 10.7 Å². The van der Waals surface area contributed by atoms with E-state index in [9.17, 15) is 0 Å². The van der Waals surface area contributed by atoms with Gasteiger partial charge in [0.15, 0.2) is 5.82 Å². The Morgan fingerprint density at radius 1 is 0.731 bits per heavy atom. The summed E-state index contributed by atoms with van der Waals surface area (Å²) in [7, 11) is 0. The lowest BCUT2D eigenvalue weighted by Gasteiger charge is -2.06. The minimum absolute atomic E-state index is 0.531. The van der Waals surface area contributed by atoms with Gasteiger partial charge in [-0.2, -0.15) is 0 Å². The van der Waals surface area contributed by atoms with Gasteiger partial charge in [-0.05, 0) is 24.3 Å². The molecule has 0 aliphatic rings. The van der Waals surface area contributed by atoms with Gasteiger partial charge < -0.3 is 16.5 Å². The Labute approximate surface area is 153 Å². The number of hydrogen-bond donors (Lipinski definition) is 3. The van der Waals surface area contributed by atoms with Gasteiger partial charge in [-0.15, -0.1) is 0 Å². The lowest BCUT2D eigenvalue weighted by molar-refractivity contribution is 1.34. The largest absolute Gasteiger partial charge is 0.398 e. The molecule has 5 nitrogen and oxygen atoms in total. The van der Waals surface area contributed by atoms with Gasteiger partial charge in [0.05, 0.1) is 16.6 Å². The minimum atomic E-state index is 0.531. The SMILES string of the molecule is Nc1cccc(N)c1-c1nc2c3ccccc3c3[nH]c(Cl)ccc3c2n1. The van der Waals surface area contributed by atoms with Crippen molar-refractivity contribution in [2.24, 2.45) is 0 Å². The molecule has 0 saturated carbocycles. The second-order valence-electron chi connectivity index (χ2n) is 6.20. The summed E-state index contributed by atoms with van der Waals surface area (Å²) in [5.74, 6) is 0.531. The Kier molecular flexibility index (Phi) is 3.08. The Morgan fingerprint density at radius 2 is 1.38 bits per heavy atom. The molecule has 6 heteroatoms. The second kappa shape index (κ2) is 5.34. The zero-order chi connectivity index (χ0) is 17.8. The number of aromatic nitrogens is 3. The van der Waals surface area contributed by atoms with E-state index in [2.05, 4.69) is 4.98 Å². The predicted molar refractivity (Wildman–Crippen MR) is 108 cm³/mol. The molecule has 0 aliphatic heterocycles. The standard InChI is InChI=1S/C20H14ClN5/c21-15-9-8-12-17(24-15)10-4-1-2-5-11(10)18-19(12)26-20(25-18)16-13(22)6-3-7-14(16)23/h1-9,24H,22-23H2. The highest BCUT2D eigenvalue weighted by Gasteiger charge is 2.17. The molecule has 0 radical (unpaired) electrons. The van der Waals surface area contributed by atoms with Crippen LogP contribution in [0.4, 0.5) is 11.4 Å². The van der Waals surface area contributed by atoms with Crippen LogP contribution in [0.25, 0.3) is 44.1 Å². The summed E-state index contributed by atoms with van der Waals surface area (Å²) in [6, 6.07) is 17.2. The summed E-state index contributed by atoms with van der Waals surface area (Å²) < 4.78 is 0. The Hall–Kier alpha value is -3.31. The van der Waals surface area contributed by atoms with Gasteiger partial charge in [0, 0.05) is 27.5 Å². The number of aromatic amines is 1. The van der Waals surface area contributed by atoms with E-state index in [-0.39, 0.29) is 0 Å². The van der Waals surface area contributed by atoms with Crippen molar-refractivity contribution in [3.8, 4) is 11.4 Å². The van der Waals surface area contributed by atoms with E-state index in [1.165, 1.54) is 0 Å². The number of anilines is 2. The fraction of sp³-hybridized carbons (Fsp3) is 0. The average Bonchev–Trinajstić information content (AvgIpc) is 3.07. The van der Waals surface area contributed by atoms with E-state index < -0.39 is 0 Å². The molecule has 3 aromatic carbocycles. The Bertz CT molecular complexity index is 1300. The summed E-state index contributed by atoms with van der Waals surface area (Å²) in [4.78, 5) is 12.8. The first-order valence-corrected chi connectivity index (χ1v) is 8.52. The van der Waals surface area contributed by atoms with E-state index in [1.807, 2.05) is 42.5 Å². The summed E-state index contributed by atoms with van der Waals surface area (Å²) in [5, 5.41) is 3.56. The van der Waals surface area contributed by atoms with Crippen molar-refractivity contribution in [3.63, 3.8) is 0 Å². The molecule has 26 heavy (non-hydrogen) atoms. The summed E-state index contributed by atoms with van der Waals surface area (Å²) in [6.45, 7) is 0. The lowest BCUT2D eigenvalue weighted by atomic mass is 10.0. The number of imidazole rings is 1. The third-order valence-electron chi connectivity index (χ3n) is 4.63. The van der Waals surface area contributed by atoms with Crippen LogP contribution in [0.2, 0.25) is 5.15 Å². The molecule has 5 N–H and O–H groups in total. The summed E-state index contributed by atoms with van der Waals surface area (Å²) in [6.07, 6.45) is 0. The number of hydrogen-bond acceptors (Lipinski definition) is 4. The average molecular weight is 360 g/mol. The van der Waals surface area contributed by atoms with Crippen molar-refractivity contribution in [1.29, 1.82) is 0 Å². The lowest BCUT2D eigenvalue weighted by Crippen LogP contribution is -1.96. The van der Waals surface area contributed by atoms with Crippen LogP contribution in [0.15, 0.2) is 54.6 Å². The third kappa shape index (κ3) is 2.04. The van der Waals surface area contributed by atoms with Gasteiger partial charge in [0.25, 0.3) is 0 Å². The zero-order valence-electron chi connectivity index (χ0n) is 13.6. The van der Waals surface area contributed by atoms with Crippen LogP contribution in [-0.2, 0) is 0 Å². The number of nitrogens with one attached hydrogen (secondary N) is 1. The van der Waals surface area contributed by atoms with Gasteiger partial charge in [-0.25, -0.2) is 9.97 Å². The first kappa shape index (κ1) is 15.0. The minimum Gasteiger partial charge on any atom is -0.398 e. The van der Waals surface area contributed by atoms with E-state index in [0.29, 0.717) is 27.9 Å². The Morgan fingerprint density at radius 3 is 2.12 bits per heavy atom. The fourth-order valence-corrected chi connectivity index (χ4v) is 3.62. The molecule has 5 aromatic rings. The molecule has 0 spiro atoms. The zero-order valence-corrected chi connectivity index (χ0v) is 14.4. The molecule has 2 heterocycles. The molecule has 2 aromatic heterocycles. The fourth-order valence-electron chi connectivity index (χ4n) is 3.46. The van der Waals surface area contributed by atoms with E-state index in [1.54, 1.807) is 12.1 Å². The number of pyridine rings is 1. The topological polar surface area (TPSA) is 93.6 Å². The number of nitrogens with two attached hydrogens (primary N) is 2. The maximum absolute atomic E-state index is 6.19. The van der Waals surface area contributed by atoms with Crippen LogP contribution in [0.3, 0.4) is 0 Å². The number of nitrogens with zero attached hydrogens (tertiary/aromatic N) is 2. The highest BCUT2D eigenvalue weighted by Crippen LogP contribution is 2.37. The van der Waals surface area contributed by atoms with Gasteiger partial charge in [-0.1, -0.05) is 41.9 Å². The molecule has 0 saturated heterocycles. The monoisotopic (exact) mass is 359 g/mol. The number of rotatable bonds is 1. The number of halogens is 1. The summed E-state index contributed by atoms with van der Waals surface area (Å²) in [5.41, 5.74) is 16.6. The molecule has 0 aliphatic carbocycles. The van der Waals surface area contributed by atoms with Gasteiger partial charge in [0.2, 0.25) is 0 Å². The maximum atomic E-state index is 6.19. The quantitative estimate of drug-likeness (QED) is 0.229. The van der Waals surface area contributed by atoms with E-state index in [4.69, 9.17) is 33.0 Å². The highest BCUT2D eigenvalue weighted by molar-refractivity contribution is 6.31. The normalized spacial score (nSPS) is 11.6. The number of H-pyrrole nitrogens is 1. The van der Waals surface area contributed by atoms with Crippen LogP contribution in [0.5, 0.6) is 0 Å². The molecular formula is C20H14ClN5. The number of fused-ring (bicyclic) bond motifs is 6. The van der Waals surface area contributed by atoms with Crippen molar-refractivity contribution >= 4 is 55.7 Å². The molecule has 0 amide bonds. The first-order valence-electron chi connectivity index (χ1n) is 8.14. The van der Waals surface area contributed by atoms with Crippen molar-refractivity contribution in [1.82, 2.24) is 15.0 Å². The molecule has 0 atom stereocenters. The first-order chi connectivity index (χ1) is 12.6. The predicted octanol–water partition coefficient (Wildman–Crippen LogP) is 4.75.